The Morgan fingerprint density at radius 1 is 1.21 bits per heavy atom. The van der Waals surface area contributed by atoms with Crippen molar-refractivity contribution >= 4 is 28.6 Å². The largest absolute Gasteiger partial charge is 0.355 e. The van der Waals surface area contributed by atoms with Gasteiger partial charge in [0.25, 0.3) is 5.56 Å². The Hall–Kier alpha value is -1.79. The molecule has 0 bridgehead atoms. The number of carbonyl (C=O) groups is 1. The Balaban J connectivity index is 1.50. The highest BCUT2D eigenvalue weighted by molar-refractivity contribution is 8.00. The average Bonchev–Trinajstić information content (AvgIpc) is 2.71. The van der Waals surface area contributed by atoms with Crippen LogP contribution >= 0.6 is 11.8 Å². The van der Waals surface area contributed by atoms with E-state index in [1.54, 1.807) is 10.6 Å². The summed E-state index contributed by atoms with van der Waals surface area (Å²) in [6.07, 6.45) is 4.85. The van der Waals surface area contributed by atoms with Gasteiger partial charge in [-0.05, 0) is 46.1 Å². The zero-order chi connectivity index (χ0) is 20.8. The molecule has 29 heavy (non-hydrogen) atoms. The van der Waals surface area contributed by atoms with E-state index >= 15 is 0 Å². The number of aryl methyl sites for hydroxylation is 1. The van der Waals surface area contributed by atoms with Crippen LogP contribution < -0.4 is 10.9 Å². The van der Waals surface area contributed by atoms with Crippen LogP contribution in [0.2, 0.25) is 0 Å². The maximum Gasteiger partial charge on any atom is 0.252 e. The van der Waals surface area contributed by atoms with Crippen molar-refractivity contribution in [3.05, 3.63) is 40.7 Å². The standard InChI is InChI=1S/C23H33N3O2S/c1-4-25-20-12-6-5-11-19(20)21(15-23(25)28)29-16-22(27)24-13-8-14-26-17(2)9-7-10-18(26)3/h5-6,11-12,15,17-18H,4,7-10,13-14,16H2,1-3H3,(H,24,27)/t17-,18-/m0/s1. The lowest BCUT2D eigenvalue weighted by Gasteiger charge is -2.39. The van der Waals surface area contributed by atoms with Crippen LogP contribution in [0.4, 0.5) is 0 Å². The highest BCUT2D eigenvalue weighted by Gasteiger charge is 2.23. The Morgan fingerprint density at radius 3 is 2.66 bits per heavy atom. The molecule has 1 amide bonds. The lowest BCUT2D eigenvalue weighted by atomic mass is 9.97. The van der Waals surface area contributed by atoms with Gasteiger partial charge in [0.2, 0.25) is 5.91 Å². The van der Waals surface area contributed by atoms with Gasteiger partial charge in [0.05, 0.1) is 11.3 Å². The van der Waals surface area contributed by atoms with E-state index < -0.39 is 0 Å². The number of pyridine rings is 1. The average molecular weight is 416 g/mol. The summed E-state index contributed by atoms with van der Waals surface area (Å²) < 4.78 is 1.77. The van der Waals surface area contributed by atoms with Gasteiger partial charge in [-0.15, -0.1) is 11.8 Å². The molecule has 0 spiro atoms. The maximum atomic E-state index is 12.4. The Bertz CT molecular complexity index is 885. The molecule has 6 heteroatoms. The summed E-state index contributed by atoms with van der Waals surface area (Å²) in [7, 11) is 0. The molecule has 3 rings (SSSR count). The molecular formula is C23H33N3O2S. The van der Waals surface area contributed by atoms with Gasteiger partial charge in [-0.1, -0.05) is 24.6 Å². The van der Waals surface area contributed by atoms with Crippen LogP contribution in [-0.4, -0.2) is 46.3 Å². The second kappa shape index (κ2) is 10.3. The Morgan fingerprint density at radius 2 is 1.93 bits per heavy atom. The molecule has 0 unspecified atom stereocenters. The molecule has 1 aliphatic heterocycles. The smallest absolute Gasteiger partial charge is 0.252 e. The van der Waals surface area contributed by atoms with Gasteiger partial charge < -0.3 is 9.88 Å². The van der Waals surface area contributed by atoms with E-state index in [-0.39, 0.29) is 11.5 Å². The number of benzene rings is 1. The maximum absolute atomic E-state index is 12.4. The molecule has 0 radical (unpaired) electrons. The van der Waals surface area contributed by atoms with Crippen LogP contribution in [0.5, 0.6) is 0 Å². The van der Waals surface area contributed by atoms with Crippen molar-refractivity contribution in [1.29, 1.82) is 0 Å². The summed E-state index contributed by atoms with van der Waals surface area (Å²) in [4.78, 5) is 28.1. The summed E-state index contributed by atoms with van der Waals surface area (Å²) in [5.41, 5.74) is 0.911. The van der Waals surface area contributed by atoms with E-state index in [2.05, 4.69) is 24.1 Å². The van der Waals surface area contributed by atoms with Gasteiger partial charge in [0.15, 0.2) is 0 Å². The molecule has 0 saturated carbocycles. The first-order valence-electron chi connectivity index (χ1n) is 10.8. The van der Waals surface area contributed by atoms with Gasteiger partial charge in [0, 0.05) is 48.1 Å². The lowest BCUT2D eigenvalue weighted by Crippen LogP contribution is -2.44. The number of hydrogen-bond donors (Lipinski definition) is 1. The number of nitrogens with one attached hydrogen (secondary N) is 1. The molecule has 2 aromatic rings. The minimum Gasteiger partial charge on any atom is -0.355 e. The van der Waals surface area contributed by atoms with Crippen molar-refractivity contribution in [2.75, 3.05) is 18.8 Å². The summed E-state index contributed by atoms with van der Waals surface area (Å²) in [6, 6.07) is 10.8. The van der Waals surface area contributed by atoms with E-state index in [1.807, 2.05) is 31.2 Å². The number of nitrogens with zero attached hydrogens (tertiary/aromatic N) is 2. The van der Waals surface area contributed by atoms with Gasteiger partial charge in [-0.25, -0.2) is 0 Å². The molecule has 1 saturated heterocycles. The van der Waals surface area contributed by atoms with Crippen molar-refractivity contribution in [2.24, 2.45) is 0 Å². The zero-order valence-electron chi connectivity index (χ0n) is 17.8. The van der Waals surface area contributed by atoms with Gasteiger partial charge >= 0.3 is 0 Å². The molecule has 2 atom stereocenters. The third-order valence-electron chi connectivity index (χ3n) is 5.95. The first-order chi connectivity index (χ1) is 14.0. The van der Waals surface area contributed by atoms with E-state index in [9.17, 15) is 9.59 Å². The van der Waals surface area contributed by atoms with E-state index in [4.69, 9.17) is 0 Å². The van der Waals surface area contributed by atoms with Crippen LogP contribution in [-0.2, 0) is 11.3 Å². The van der Waals surface area contributed by atoms with Crippen molar-refractivity contribution in [3.8, 4) is 0 Å². The highest BCUT2D eigenvalue weighted by Crippen LogP contribution is 2.26. The van der Waals surface area contributed by atoms with Crippen LogP contribution in [0.25, 0.3) is 10.9 Å². The fourth-order valence-electron chi connectivity index (χ4n) is 4.35. The second-order valence-corrected chi connectivity index (χ2v) is 8.98. The lowest BCUT2D eigenvalue weighted by molar-refractivity contribution is -0.118. The summed E-state index contributed by atoms with van der Waals surface area (Å²) in [5.74, 6) is 0.356. The van der Waals surface area contributed by atoms with Crippen LogP contribution in [0.3, 0.4) is 0 Å². The molecule has 1 aliphatic rings. The number of amides is 1. The van der Waals surface area contributed by atoms with Crippen LogP contribution in [0, 0.1) is 0 Å². The molecule has 1 N–H and O–H groups in total. The van der Waals surface area contributed by atoms with E-state index in [0.717, 1.165) is 28.8 Å². The monoisotopic (exact) mass is 415 g/mol. The van der Waals surface area contributed by atoms with Gasteiger partial charge in [-0.3, -0.25) is 14.5 Å². The van der Waals surface area contributed by atoms with Crippen molar-refractivity contribution < 1.29 is 4.79 Å². The number of hydrogen-bond acceptors (Lipinski definition) is 4. The number of thioether (sulfide) groups is 1. The SMILES string of the molecule is CCn1c(=O)cc(SCC(=O)NCCCN2[C@@H](C)CCC[C@@H]2C)c2ccccc21. The Kier molecular flexibility index (Phi) is 7.78. The number of likely N-dealkylation sites (tertiary alicyclic amines) is 1. The first-order valence-corrected chi connectivity index (χ1v) is 11.8. The molecule has 2 heterocycles. The minimum atomic E-state index is -0.0149. The van der Waals surface area contributed by atoms with Crippen molar-refractivity contribution in [3.63, 3.8) is 0 Å². The topological polar surface area (TPSA) is 54.3 Å². The predicted molar refractivity (Wildman–Crippen MR) is 122 cm³/mol. The third kappa shape index (κ3) is 5.43. The van der Waals surface area contributed by atoms with E-state index in [1.165, 1.54) is 31.0 Å². The molecule has 1 fully saturated rings. The number of carbonyl (C=O) groups excluding carboxylic acids is 1. The molecule has 1 aromatic carbocycles. The molecule has 0 aliphatic carbocycles. The fourth-order valence-corrected chi connectivity index (χ4v) is 5.25. The zero-order valence-corrected chi connectivity index (χ0v) is 18.6. The molecular weight excluding hydrogens is 382 g/mol. The fraction of sp³-hybridized carbons (Fsp3) is 0.565. The number of fused-ring (bicyclic) bond motifs is 1. The van der Waals surface area contributed by atoms with Crippen molar-refractivity contribution in [1.82, 2.24) is 14.8 Å². The second-order valence-electron chi connectivity index (χ2n) is 7.97. The first kappa shape index (κ1) is 21.9. The van der Waals surface area contributed by atoms with Gasteiger partial charge in [-0.2, -0.15) is 0 Å². The third-order valence-corrected chi connectivity index (χ3v) is 7.00. The number of piperidine rings is 1. The summed E-state index contributed by atoms with van der Waals surface area (Å²) >= 11 is 1.44. The number of rotatable bonds is 8. The normalized spacial score (nSPS) is 20.1. The molecule has 1 aromatic heterocycles. The molecule has 158 valence electrons. The van der Waals surface area contributed by atoms with Crippen molar-refractivity contribution in [2.45, 2.75) is 70.0 Å². The van der Waals surface area contributed by atoms with Gasteiger partial charge in [0.1, 0.15) is 0 Å². The summed E-state index contributed by atoms with van der Waals surface area (Å²) in [5, 5.41) is 4.07. The van der Waals surface area contributed by atoms with Crippen LogP contribution in [0.15, 0.2) is 40.0 Å². The van der Waals surface area contributed by atoms with E-state index in [0.29, 0.717) is 30.9 Å². The predicted octanol–water partition coefficient (Wildman–Crippen LogP) is 3.88. The molecule has 5 nitrogen and oxygen atoms in total. The minimum absolute atomic E-state index is 0.0149. The van der Waals surface area contributed by atoms with Crippen LogP contribution in [0.1, 0.15) is 46.5 Å². The summed E-state index contributed by atoms with van der Waals surface area (Å²) in [6.45, 7) is 8.96. The number of aromatic nitrogens is 1. The Labute approximate surface area is 177 Å². The highest BCUT2D eigenvalue weighted by atomic mass is 32.2. The number of para-hydroxylation sites is 1. The quantitative estimate of drug-likeness (QED) is 0.525.